The van der Waals surface area contributed by atoms with Gasteiger partial charge in [-0.05, 0) is 13.0 Å². The molecule has 1 aromatic carbocycles. The summed E-state index contributed by atoms with van der Waals surface area (Å²) in [7, 11) is 1.78. The van der Waals surface area contributed by atoms with E-state index in [2.05, 4.69) is 15.5 Å². The van der Waals surface area contributed by atoms with Gasteiger partial charge < -0.3 is 9.88 Å². The van der Waals surface area contributed by atoms with Gasteiger partial charge >= 0.3 is 0 Å². The van der Waals surface area contributed by atoms with Gasteiger partial charge in [-0.15, -0.1) is 10.2 Å². The van der Waals surface area contributed by atoms with Crippen molar-refractivity contribution in [2.24, 2.45) is 7.05 Å². The molecule has 2 aromatic rings. The molecule has 1 amide bonds. The van der Waals surface area contributed by atoms with Crippen molar-refractivity contribution in [2.75, 3.05) is 11.1 Å². The smallest absolute Gasteiger partial charge is 0.274 e. The second-order valence-electron chi connectivity index (χ2n) is 4.32. The molecule has 0 aliphatic rings. The van der Waals surface area contributed by atoms with Crippen molar-refractivity contribution in [3.8, 4) is 0 Å². The fourth-order valence-corrected chi connectivity index (χ4v) is 2.30. The van der Waals surface area contributed by atoms with E-state index in [0.29, 0.717) is 16.4 Å². The molecule has 0 unspecified atom stereocenters. The maximum Gasteiger partial charge on any atom is 0.274 e. The number of carbonyl (C=O) groups excluding carboxylic acids is 1. The average molecular weight is 307 g/mol. The van der Waals surface area contributed by atoms with E-state index in [9.17, 15) is 14.9 Å². The largest absolute Gasteiger partial charge is 0.325 e. The van der Waals surface area contributed by atoms with Gasteiger partial charge in [0.05, 0.1) is 10.7 Å². The van der Waals surface area contributed by atoms with Crippen molar-refractivity contribution < 1.29 is 9.72 Å². The van der Waals surface area contributed by atoms with Crippen molar-refractivity contribution in [3.63, 3.8) is 0 Å². The Bertz CT molecular complexity index is 685. The van der Waals surface area contributed by atoms with E-state index < -0.39 is 4.92 Å². The third kappa shape index (κ3) is 3.78. The molecule has 110 valence electrons. The first kappa shape index (κ1) is 15.0. The number of thioether (sulfide) groups is 1. The first-order valence-electron chi connectivity index (χ1n) is 5.99. The highest BCUT2D eigenvalue weighted by Gasteiger charge is 2.13. The standard InChI is InChI=1S/C12H13N5O3S/c1-8-3-4-9(5-10(8)17(19)20)14-11(18)6-21-12-15-13-7-16(12)2/h3-5,7H,6H2,1-2H3,(H,14,18). The highest BCUT2D eigenvalue weighted by molar-refractivity contribution is 7.99. The molecule has 1 heterocycles. The van der Waals surface area contributed by atoms with Crippen LogP contribution in [0.5, 0.6) is 0 Å². The number of nitrogens with zero attached hydrogens (tertiary/aromatic N) is 4. The lowest BCUT2D eigenvalue weighted by molar-refractivity contribution is -0.385. The topological polar surface area (TPSA) is 103 Å². The Morgan fingerprint density at radius 1 is 1.52 bits per heavy atom. The number of carbonyl (C=O) groups is 1. The van der Waals surface area contributed by atoms with Gasteiger partial charge in [0, 0.05) is 24.4 Å². The van der Waals surface area contributed by atoms with Crippen LogP contribution in [0.15, 0.2) is 29.7 Å². The summed E-state index contributed by atoms with van der Waals surface area (Å²) in [4.78, 5) is 22.2. The minimum Gasteiger partial charge on any atom is -0.325 e. The van der Waals surface area contributed by atoms with Gasteiger partial charge in [-0.25, -0.2) is 0 Å². The summed E-state index contributed by atoms with van der Waals surface area (Å²) >= 11 is 1.24. The number of aryl methyl sites for hydroxylation is 2. The van der Waals surface area contributed by atoms with Crippen LogP contribution < -0.4 is 5.32 Å². The molecule has 21 heavy (non-hydrogen) atoms. The molecule has 0 atom stereocenters. The Morgan fingerprint density at radius 3 is 2.90 bits per heavy atom. The van der Waals surface area contributed by atoms with Crippen LogP contribution in [0.3, 0.4) is 0 Å². The van der Waals surface area contributed by atoms with Gasteiger partial charge in [-0.1, -0.05) is 17.8 Å². The first-order valence-corrected chi connectivity index (χ1v) is 6.97. The second-order valence-corrected chi connectivity index (χ2v) is 5.26. The third-order valence-electron chi connectivity index (χ3n) is 2.69. The highest BCUT2D eigenvalue weighted by Crippen LogP contribution is 2.22. The number of aromatic nitrogens is 3. The van der Waals surface area contributed by atoms with Crippen LogP contribution in [0.2, 0.25) is 0 Å². The van der Waals surface area contributed by atoms with E-state index in [1.807, 2.05) is 0 Å². The van der Waals surface area contributed by atoms with Crippen molar-refractivity contribution in [3.05, 3.63) is 40.2 Å². The monoisotopic (exact) mass is 307 g/mol. The van der Waals surface area contributed by atoms with Gasteiger partial charge in [0.1, 0.15) is 6.33 Å². The van der Waals surface area contributed by atoms with Crippen LogP contribution in [0.1, 0.15) is 5.56 Å². The molecule has 2 rings (SSSR count). The number of hydrogen-bond acceptors (Lipinski definition) is 6. The predicted molar refractivity (Wildman–Crippen MR) is 78.2 cm³/mol. The minimum atomic E-state index is -0.473. The van der Waals surface area contributed by atoms with Crippen LogP contribution in [-0.4, -0.2) is 31.3 Å². The zero-order valence-electron chi connectivity index (χ0n) is 11.4. The van der Waals surface area contributed by atoms with Crippen LogP contribution in [0, 0.1) is 17.0 Å². The predicted octanol–water partition coefficient (Wildman–Crippen LogP) is 1.76. The first-order chi connectivity index (χ1) is 9.97. The molecule has 8 nitrogen and oxygen atoms in total. The van der Waals surface area contributed by atoms with Crippen LogP contribution in [0.4, 0.5) is 11.4 Å². The lowest BCUT2D eigenvalue weighted by atomic mass is 10.2. The van der Waals surface area contributed by atoms with Crippen LogP contribution >= 0.6 is 11.8 Å². The molecule has 1 aromatic heterocycles. The van der Waals surface area contributed by atoms with Gasteiger partial charge in [0.15, 0.2) is 5.16 Å². The zero-order valence-corrected chi connectivity index (χ0v) is 12.3. The molecule has 0 spiro atoms. The maximum atomic E-state index is 11.8. The van der Waals surface area contributed by atoms with E-state index in [1.165, 1.54) is 17.8 Å². The SMILES string of the molecule is Cc1ccc(NC(=O)CSc2nncn2C)cc1[N+](=O)[O-]. The molecule has 0 radical (unpaired) electrons. The van der Waals surface area contributed by atoms with Gasteiger partial charge in [0.2, 0.25) is 5.91 Å². The fraction of sp³-hybridized carbons (Fsp3) is 0.250. The van der Waals surface area contributed by atoms with Crippen LogP contribution in [0.25, 0.3) is 0 Å². The normalized spacial score (nSPS) is 10.4. The molecule has 0 aliphatic carbocycles. The van der Waals surface area contributed by atoms with Crippen molar-refractivity contribution in [1.82, 2.24) is 14.8 Å². The minimum absolute atomic E-state index is 0.0197. The fourth-order valence-electron chi connectivity index (χ4n) is 1.61. The molecule has 9 heteroatoms. The van der Waals surface area contributed by atoms with Crippen LogP contribution in [-0.2, 0) is 11.8 Å². The lowest BCUT2D eigenvalue weighted by Gasteiger charge is -2.06. The second kappa shape index (κ2) is 6.35. The van der Waals surface area contributed by atoms with E-state index in [-0.39, 0.29) is 17.3 Å². The van der Waals surface area contributed by atoms with Gasteiger partial charge in [-0.3, -0.25) is 14.9 Å². The summed E-state index contributed by atoms with van der Waals surface area (Å²) in [6.07, 6.45) is 1.55. The number of rotatable bonds is 5. The Morgan fingerprint density at radius 2 is 2.29 bits per heavy atom. The number of benzene rings is 1. The zero-order chi connectivity index (χ0) is 15.4. The van der Waals surface area contributed by atoms with E-state index in [1.54, 1.807) is 37.0 Å². The quantitative estimate of drug-likeness (QED) is 0.513. The molecule has 0 saturated carbocycles. The lowest BCUT2D eigenvalue weighted by Crippen LogP contribution is -2.14. The molecule has 0 saturated heterocycles. The molecule has 1 N–H and O–H groups in total. The molecular weight excluding hydrogens is 294 g/mol. The third-order valence-corrected chi connectivity index (χ3v) is 3.73. The number of nitro groups is 1. The van der Waals surface area contributed by atoms with Gasteiger partial charge in [-0.2, -0.15) is 0 Å². The number of amides is 1. The summed E-state index contributed by atoms with van der Waals surface area (Å²) in [6, 6.07) is 4.58. The summed E-state index contributed by atoms with van der Waals surface area (Å²) < 4.78 is 1.70. The number of nitro benzene ring substituents is 1. The Balaban J connectivity index is 1.98. The van der Waals surface area contributed by atoms with E-state index >= 15 is 0 Å². The maximum absolute atomic E-state index is 11.8. The Kier molecular flexibility index (Phi) is 4.53. The Labute approximate surface area is 124 Å². The molecular formula is C12H13N5O3S. The molecule has 0 aliphatic heterocycles. The van der Waals surface area contributed by atoms with Gasteiger partial charge in [0.25, 0.3) is 5.69 Å². The number of nitrogens with one attached hydrogen (secondary N) is 1. The number of hydrogen-bond donors (Lipinski definition) is 1. The summed E-state index contributed by atoms with van der Waals surface area (Å²) in [5.41, 5.74) is 0.927. The van der Waals surface area contributed by atoms with E-state index in [4.69, 9.17) is 0 Å². The molecule has 0 fully saturated rings. The van der Waals surface area contributed by atoms with Crippen molar-refractivity contribution >= 4 is 29.0 Å². The summed E-state index contributed by atoms with van der Waals surface area (Å²) in [6.45, 7) is 1.65. The van der Waals surface area contributed by atoms with Crippen molar-refractivity contribution in [2.45, 2.75) is 12.1 Å². The molecule has 0 bridgehead atoms. The summed E-state index contributed by atoms with van der Waals surface area (Å²) in [5.74, 6) is -0.116. The number of anilines is 1. The Hall–Kier alpha value is -2.42. The average Bonchev–Trinajstić information content (AvgIpc) is 2.84. The van der Waals surface area contributed by atoms with Crippen molar-refractivity contribution in [1.29, 1.82) is 0 Å². The van der Waals surface area contributed by atoms with E-state index in [0.717, 1.165) is 0 Å². The summed E-state index contributed by atoms with van der Waals surface area (Å²) in [5, 5.41) is 21.7. The highest BCUT2D eigenvalue weighted by atomic mass is 32.2.